The van der Waals surface area contributed by atoms with E-state index in [1.165, 1.54) is 0 Å². The Morgan fingerprint density at radius 2 is 2.23 bits per heavy atom. The molecule has 0 fully saturated rings. The molecule has 26 heavy (non-hydrogen) atoms. The molecule has 0 bridgehead atoms. The third-order valence-corrected chi connectivity index (χ3v) is 4.69. The number of rotatable bonds is 4. The van der Waals surface area contributed by atoms with Gasteiger partial charge in [0.2, 0.25) is 5.91 Å². The van der Waals surface area contributed by atoms with Gasteiger partial charge in [-0.05, 0) is 26.7 Å². The van der Waals surface area contributed by atoms with E-state index in [4.69, 9.17) is 4.52 Å². The quantitative estimate of drug-likeness (QED) is 0.757. The van der Waals surface area contributed by atoms with Crippen LogP contribution in [0.15, 0.2) is 23.1 Å². The summed E-state index contributed by atoms with van der Waals surface area (Å²) in [4.78, 5) is 21.1. The highest BCUT2D eigenvalue weighted by molar-refractivity contribution is 5.83. The van der Waals surface area contributed by atoms with Gasteiger partial charge in [0.25, 0.3) is 0 Å². The third kappa shape index (κ3) is 2.85. The van der Waals surface area contributed by atoms with Gasteiger partial charge in [0.1, 0.15) is 17.3 Å². The molecule has 1 unspecified atom stereocenters. The van der Waals surface area contributed by atoms with Crippen LogP contribution in [0.4, 0.5) is 0 Å². The maximum Gasteiger partial charge on any atom is 0.231 e. The second-order valence-corrected chi connectivity index (χ2v) is 6.34. The SMILES string of the molecule is Cc1noc(C)c1CNC(=O)C1CCCn2c(-c3cnccn3)nnc21. The molecule has 0 radical (unpaired) electrons. The number of nitrogens with zero attached hydrogens (tertiary/aromatic N) is 6. The second kappa shape index (κ2) is 6.66. The molecule has 1 aliphatic heterocycles. The molecule has 1 aliphatic rings. The number of amides is 1. The Morgan fingerprint density at radius 1 is 1.35 bits per heavy atom. The fourth-order valence-electron chi connectivity index (χ4n) is 3.28. The summed E-state index contributed by atoms with van der Waals surface area (Å²) in [5.74, 6) is 1.65. The summed E-state index contributed by atoms with van der Waals surface area (Å²) in [5, 5.41) is 15.4. The van der Waals surface area contributed by atoms with Crippen LogP contribution in [0.25, 0.3) is 11.5 Å². The topological polar surface area (TPSA) is 112 Å². The van der Waals surface area contributed by atoms with Gasteiger partial charge in [0, 0.05) is 31.0 Å². The zero-order valence-electron chi connectivity index (χ0n) is 14.6. The van der Waals surface area contributed by atoms with Crippen molar-refractivity contribution in [1.82, 2.24) is 35.2 Å². The third-order valence-electron chi connectivity index (χ3n) is 4.69. The van der Waals surface area contributed by atoms with Crippen molar-refractivity contribution in [1.29, 1.82) is 0 Å². The van der Waals surface area contributed by atoms with Crippen molar-refractivity contribution in [3.63, 3.8) is 0 Å². The highest BCUT2D eigenvalue weighted by Gasteiger charge is 2.31. The molecule has 0 saturated heterocycles. The first-order chi connectivity index (χ1) is 12.6. The largest absolute Gasteiger partial charge is 0.361 e. The van der Waals surface area contributed by atoms with Crippen LogP contribution in [0.3, 0.4) is 0 Å². The number of carbonyl (C=O) groups excluding carboxylic acids is 1. The van der Waals surface area contributed by atoms with E-state index in [1.54, 1.807) is 18.6 Å². The molecule has 9 nitrogen and oxygen atoms in total. The van der Waals surface area contributed by atoms with Gasteiger partial charge in [-0.25, -0.2) is 4.98 Å². The lowest BCUT2D eigenvalue weighted by Crippen LogP contribution is -2.33. The predicted octanol–water partition coefficient (Wildman–Crippen LogP) is 1.53. The lowest BCUT2D eigenvalue weighted by Gasteiger charge is -2.22. The van der Waals surface area contributed by atoms with Crippen molar-refractivity contribution < 1.29 is 9.32 Å². The van der Waals surface area contributed by atoms with Crippen LogP contribution in [0.5, 0.6) is 0 Å². The van der Waals surface area contributed by atoms with Crippen LogP contribution in [0.2, 0.25) is 0 Å². The number of aryl methyl sites for hydroxylation is 2. The minimum atomic E-state index is -0.331. The van der Waals surface area contributed by atoms with E-state index in [0.29, 0.717) is 23.9 Å². The summed E-state index contributed by atoms with van der Waals surface area (Å²) in [6.07, 6.45) is 6.50. The Bertz CT molecular complexity index is 912. The van der Waals surface area contributed by atoms with E-state index in [1.807, 2.05) is 18.4 Å². The molecule has 4 heterocycles. The Balaban J connectivity index is 1.55. The van der Waals surface area contributed by atoms with E-state index in [0.717, 1.165) is 36.4 Å². The molecule has 1 amide bonds. The Labute approximate surface area is 149 Å². The Morgan fingerprint density at radius 3 is 2.96 bits per heavy atom. The highest BCUT2D eigenvalue weighted by atomic mass is 16.5. The molecular weight excluding hydrogens is 334 g/mol. The average Bonchev–Trinajstić information content (AvgIpc) is 3.24. The standard InChI is InChI=1S/C17H19N7O2/c1-10-13(11(2)26-23-10)8-20-17(25)12-4-3-7-24-15(12)21-22-16(24)14-9-18-5-6-19-14/h5-6,9,12H,3-4,7-8H2,1-2H3,(H,20,25). The van der Waals surface area contributed by atoms with Crippen molar-refractivity contribution in [3.8, 4) is 11.5 Å². The Hall–Kier alpha value is -3.10. The molecule has 1 N–H and O–H groups in total. The van der Waals surface area contributed by atoms with Gasteiger partial charge in [-0.1, -0.05) is 5.16 Å². The summed E-state index contributed by atoms with van der Waals surface area (Å²) in [6.45, 7) is 4.86. The number of hydrogen-bond acceptors (Lipinski definition) is 7. The van der Waals surface area contributed by atoms with Crippen LogP contribution in [0, 0.1) is 13.8 Å². The molecule has 0 saturated carbocycles. The van der Waals surface area contributed by atoms with Crippen LogP contribution < -0.4 is 5.32 Å². The van der Waals surface area contributed by atoms with Crippen LogP contribution in [-0.2, 0) is 17.9 Å². The average molecular weight is 353 g/mol. The molecule has 4 rings (SSSR count). The van der Waals surface area contributed by atoms with Gasteiger partial charge in [0.05, 0.1) is 17.8 Å². The van der Waals surface area contributed by atoms with E-state index >= 15 is 0 Å². The normalized spacial score (nSPS) is 16.3. The van der Waals surface area contributed by atoms with Crippen LogP contribution >= 0.6 is 0 Å². The Kier molecular flexibility index (Phi) is 4.19. The van der Waals surface area contributed by atoms with Crippen LogP contribution in [0.1, 0.15) is 41.6 Å². The van der Waals surface area contributed by atoms with E-state index in [9.17, 15) is 4.79 Å². The monoisotopic (exact) mass is 353 g/mol. The van der Waals surface area contributed by atoms with E-state index < -0.39 is 0 Å². The molecule has 0 aliphatic carbocycles. The summed E-state index contributed by atoms with van der Waals surface area (Å²) < 4.78 is 7.11. The number of aromatic nitrogens is 6. The first-order valence-corrected chi connectivity index (χ1v) is 8.54. The smallest absolute Gasteiger partial charge is 0.231 e. The summed E-state index contributed by atoms with van der Waals surface area (Å²) in [6, 6.07) is 0. The number of nitrogens with one attached hydrogen (secondary N) is 1. The van der Waals surface area contributed by atoms with E-state index in [-0.39, 0.29) is 11.8 Å². The second-order valence-electron chi connectivity index (χ2n) is 6.34. The number of hydrogen-bond donors (Lipinski definition) is 1. The fourth-order valence-corrected chi connectivity index (χ4v) is 3.28. The molecule has 0 aromatic carbocycles. The van der Waals surface area contributed by atoms with Crippen molar-refractivity contribution >= 4 is 5.91 Å². The maximum atomic E-state index is 12.8. The van der Waals surface area contributed by atoms with E-state index in [2.05, 4.69) is 30.6 Å². The lowest BCUT2D eigenvalue weighted by molar-refractivity contribution is -0.123. The fraction of sp³-hybridized carbons (Fsp3) is 0.412. The van der Waals surface area contributed by atoms with Crippen molar-refractivity contribution in [2.75, 3.05) is 0 Å². The molecule has 9 heteroatoms. The van der Waals surface area contributed by atoms with Crippen molar-refractivity contribution in [2.24, 2.45) is 0 Å². The van der Waals surface area contributed by atoms with Gasteiger partial charge < -0.3 is 14.4 Å². The summed E-state index contributed by atoms with van der Waals surface area (Å²) in [7, 11) is 0. The summed E-state index contributed by atoms with van der Waals surface area (Å²) >= 11 is 0. The van der Waals surface area contributed by atoms with Gasteiger partial charge in [-0.2, -0.15) is 0 Å². The van der Waals surface area contributed by atoms with Gasteiger partial charge in [0.15, 0.2) is 5.82 Å². The van der Waals surface area contributed by atoms with Crippen molar-refractivity contribution in [2.45, 2.75) is 45.7 Å². The maximum absolute atomic E-state index is 12.8. The molecule has 0 spiro atoms. The molecule has 134 valence electrons. The van der Waals surface area contributed by atoms with Crippen LogP contribution in [-0.4, -0.2) is 35.8 Å². The number of carbonyl (C=O) groups is 1. The minimum absolute atomic E-state index is 0.0657. The molecule has 3 aromatic rings. The highest BCUT2D eigenvalue weighted by Crippen LogP contribution is 2.29. The zero-order valence-corrected chi connectivity index (χ0v) is 14.6. The summed E-state index contributed by atoms with van der Waals surface area (Å²) in [5.41, 5.74) is 2.36. The molecule has 1 atom stereocenters. The van der Waals surface area contributed by atoms with Crippen molar-refractivity contribution in [3.05, 3.63) is 41.4 Å². The predicted molar refractivity (Wildman–Crippen MR) is 90.8 cm³/mol. The first-order valence-electron chi connectivity index (χ1n) is 8.54. The lowest BCUT2D eigenvalue weighted by atomic mass is 9.97. The zero-order chi connectivity index (χ0) is 18.1. The molecular formula is C17H19N7O2. The van der Waals surface area contributed by atoms with Gasteiger partial charge in [-0.15, -0.1) is 10.2 Å². The van der Waals surface area contributed by atoms with Gasteiger partial charge in [-0.3, -0.25) is 9.78 Å². The first kappa shape index (κ1) is 16.4. The minimum Gasteiger partial charge on any atom is -0.361 e. The van der Waals surface area contributed by atoms with Gasteiger partial charge >= 0.3 is 0 Å². The number of fused-ring (bicyclic) bond motifs is 1. The molecule has 3 aromatic heterocycles.